The van der Waals surface area contributed by atoms with Gasteiger partial charge in [0, 0.05) is 36.1 Å². The van der Waals surface area contributed by atoms with E-state index in [1.807, 2.05) is 0 Å². The first-order chi connectivity index (χ1) is 10.1. The lowest BCUT2D eigenvalue weighted by Gasteiger charge is -2.09. The quantitative estimate of drug-likeness (QED) is 0.499. The van der Waals surface area contributed by atoms with Gasteiger partial charge in [0.05, 0.1) is 23.3 Å². The molecule has 0 saturated heterocycles. The van der Waals surface area contributed by atoms with Gasteiger partial charge in [0.1, 0.15) is 0 Å². The summed E-state index contributed by atoms with van der Waals surface area (Å²) < 4.78 is 4.84. The molecule has 0 atom stereocenters. The molecule has 0 bridgehead atoms. The van der Waals surface area contributed by atoms with Gasteiger partial charge in [-0.05, 0) is 19.1 Å². The third kappa shape index (κ3) is 3.44. The van der Waals surface area contributed by atoms with Crippen molar-refractivity contribution < 1.29 is 14.5 Å². The van der Waals surface area contributed by atoms with Crippen molar-refractivity contribution in [2.75, 3.05) is 18.5 Å². The van der Waals surface area contributed by atoms with Gasteiger partial charge in [-0.25, -0.2) is 0 Å². The molecule has 0 fully saturated rings. The zero-order chi connectivity index (χ0) is 15.2. The Kier molecular flexibility index (Phi) is 4.65. The first kappa shape index (κ1) is 14.7. The van der Waals surface area contributed by atoms with Gasteiger partial charge in [-0.1, -0.05) is 0 Å². The van der Waals surface area contributed by atoms with E-state index in [9.17, 15) is 14.9 Å². The number of nitrogens with one attached hydrogen (secondary N) is 1. The largest absolute Gasteiger partial charge is 0.466 e. The molecule has 0 radical (unpaired) electrons. The Bertz CT molecular complexity index is 672. The van der Waals surface area contributed by atoms with Crippen LogP contribution in [0.1, 0.15) is 13.3 Å². The number of hydrogen-bond donors (Lipinski definition) is 1. The maximum atomic E-state index is 11.3. The van der Waals surface area contributed by atoms with Gasteiger partial charge in [0.15, 0.2) is 0 Å². The van der Waals surface area contributed by atoms with Gasteiger partial charge in [-0.2, -0.15) is 0 Å². The number of carbonyl (C=O) groups is 1. The number of hydrogen-bond acceptors (Lipinski definition) is 6. The maximum Gasteiger partial charge on any atom is 0.307 e. The zero-order valence-corrected chi connectivity index (χ0v) is 11.5. The van der Waals surface area contributed by atoms with Crippen LogP contribution in [0.4, 0.5) is 11.4 Å². The number of aromatic nitrogens is 1. The van der Waals surface area contributed by atoms with Crippen LogP contribution in [0.15, 0.2) is 30.6 Å². The van der Waals surface area contributed by atoms with E-state index in [1.54, 1.807) is 25.3 Å². The minimum absolute atomic E-state index is 0.0309. The molecule has 7 heteroatoms. The molecule has 1 N–H and O–H groups in total. The van der Waals surface area contributed by atoms with Crippen LogP contribution in [0, 0.1) is 10.1 Å². The molecule has 2 aromatic rings. The molecule has 1 heterocycles. The number of fused-ring (bicyclic) bond motifs is 1. The predicted molar refractivity (Wildman–Crippen MR) is 78.1 cm³/mol. The molecule has 110 valence electrons. The molecule has 0 amide bonds. The van der Waals surface area contributed by atoms with Crippen LogP contribution in [-0.2, 0) is 9.53 Å². The first-order valence-electron chi connectivity index (χ1n) is 6.54. The number of anilines is 1. The van der Waals surface area contributed by atoms with Gasteiger partial charge in [-0.3, -0.25) is 19.9 Å². The predicted octanol–water partition coefficient (Wildman–Crippen LogP) is 2.51. The van der Waals surface area contributed by atoms with E-state index >= 15 is 0 Å². The second-order valence-corrected chi connectivity index (χ2v) is 4.29. The highest BCUT2D eigenvalue weighted by atomic mass is 16.6. The van der Waals surface area contributed by atoms with Gasteiger partial charge in [0.2, 0.25) is 0 Å². The summed E-state index contributed by atoms with van der Waals surface area (Å²) in [6.07, 6.45) is 3.30. The second-order valence-electron chi connectivity index (χ2n) is 4.29. The number of nitro benzene ring substituents is 1. The fraction of sp³-hybridized carbons (Fsp3) is 0.286. The summed E-state index contributed by atoms with van der Waals surface area (Å²) in [5, 5.41) is 15.2. The molecule has 1 aromatic carbocycles. The fourth-order valence-corrected chi connectivity index (χ4v) is 2.02. The highest BCUT2D eigenvalue weighted by Gasteiger charge is 2.14. The van der Waals surface area contributed by atoms with Crippen LogP contribution in [0.2, 0.25) is 0 Å². The Balaban J connectivity index is 2.20. The van der Waals surface area contributed by atoms with E-state index in [2.05, 4.69) is 10.3 Å². The molecule has 0 spiro atoms. The van der Waals surface area contributed by atoms with Crippen molar-refractivity contribution in [3.63, 3.8) is 0 Å². The summed E-state index contributed by atoms with van der Waals surface area (Å²) in [5.74, 6) is -0.283. The molecular formula is C14H15N3O4. The van der Waals surface area contributed by atoms with Crippen molar-refractivity contribution in [1.29, 1.82) is 0 Å². The second kappa shape index (κ2) is 6.65. The number of nitrogens with zero attached hydrogens (tertiary/aromatic N) is 2. The Morgan fingerprint density at radius 1 is 1.38 bits per heavy atom. The molecule has 2 rings (SSSR count). The van der Waals surface area contributed by atoms with Crippen LogP contribution in [-0.4, -0.2) is 29.0 Å². The topological polar surface area (TPSA) is 94.4 Å². The van der Waals surface area contributed by atoms with E-state index in [0.29, 0.717) is 29.6 Å². The van der Waals surface area contributed by atoms with Crippen LogP contribution < -0.4 is 5.32 Å². The monoisotopic (exact) mass is 289 g/mol. The number of rotatable bonds is 6. The Morgan fingerprint density at radius 2 is 2.19 bits per heavy atom. The van der Waals surface area contributed by atoms with Crippen molar-refractivity contribution in [2.24, 2.45) is 0 Å². The molecule has 0 aliphatic heterocycles. The van der Waals surface area contributed by atoms with E-state index < -0.39 is 4.92 Å². The Morgan fingerprint density at radius 3 is 2.90 bits per heavy atom. The third-order valence-electron chi connectivity index (χ3n) is 2.94. The van der Waals surface area contributed by atoms with E-state index in [-0.39, 0.29) is 18.1 Å². The highest BCUT2D eigenvalue weighted by Crippen LogP contribution is 2.30. The van der Waals surface area contributed by atoms with Gasteiger partial charge >= 0.3 is 5.97 Å². The molecular weight excluding hydrogens is 274 g/mol. The molecule has 0 aliphatic rings. The minimum Gasteiger partial charge on any atom is -0.466 e. The summed E-state index contributed by atoms with van der Waals surface area (Å²) in [7, 11) is 0. The number of carbonyl (C=O) groups excluding carboxylic acids is 1. The van der Waals surface area contributed by atoms with Crippen LogP contribution in [0.25, 0.3) is 10.8 Å². The van der Waals surface area contributed by atoms with Gasteiger partial charge in [0.25, 0.3) is 5.69 Å². The van der Waals surface area contributed by atoms with Crippen molar-refractivity contribution in [1.82, 2.24) is 4.98 Å². The van der Waals surface area contributed by atoms with Crippen LogP contribution in [0.3, 0.4) is 0 Å². The first-order valence-corrected chi connectivity index (χ1v) is 6.54. The number of benzene rings is 1. The minimum atomic E-state index is -0.426. The SMILES string of the molecule is CCOC(=O)CCNc1ccc([N+](=O)[O-])c2ccncc12. The molecule has 0 saturated carbocycles. The van der Waals surface area contributed by atoms with Crippen LogP contribution in [0.5, 0.6) is 0 Å². The van der Waals surface area contributed by atoms with E-state index in [0.717, 1.165) is 0 Å². The number of pyridine rings is 1. The van der Waals surface area contributed by atoms with E-state index in [1.165, 1.54) is 12.3 Å². The summed E-state index contributed by atoms with van der Waals surface area (Å²) in [4.78, 5) is 25.8. The number of ether oxygens (including phenoxy) is 1. The van der Waals surface area contributed by atoms with Crippen molar-refractivity contribution in [3.05, 3.63) is 40.7 Å². The van der Waals surface area contributed by atoms with Crippen molar-refractivity contribution >= 4 is 28.1 Å². The summed E-state index contributed by atoms with van der Waals surface area (Å²) in [5.41, 5.74) is 0.733. The molecule has 21 heavy (non-hydrogen) atoms. The standard InChI is InChI=1S/C14H15N3O4/c1-2-21-14(18)6-8-16-12-3-4-13(17(19)20)10-5-7-15-9-11(10)12/h3-5,7,9,16H,2,6,8H2,1H3. The van der Waals surface area contributed by atoms with Crippen molar-refractivity contribution in [2.45, 2.75) is 13.3 Å². The van der Waals surface area contributed by atoms with Gasteiger partial charge < -0.3 is 10.1 Å². The summed E-state index contributed by atoms with van der Waals surface area (Å²) >= 11 is 0. The molecule has 0 unspecified atom stereocenters. The highest BCUT2D eigenvalue weighted by molar-refractivity contribution is 5.99. The number of esters is 1. The normalized spacial score (nSPS) is 10.3. The lowest BCUT2D eigenvalue weighted by atomic mass is 10.1. The Hall–Kier alpha value is -2.70. The van der Waals surface area contributed by atoms with Gasteiger partial charge in [-0.15, -0.1) is 0 Å². The third-order valence-corrected chi connectivity index (χ3v) is 2.94. The Labute approximate surface area is 121 Å². The average Bonchev–Trinajstić information content (AvgIpc) is 2.47. The molecule has 1 aromatic heterocycles. The van der Waals surface area contributed by atoms with E-state index in [4.69, 9.17) is 4.74 Å². The molecule has 7 nitrogen and oxygen atoms in total. The fourth-order valence-electron chi connectivity index (χ4n) is 2.02. The number of nitro groups is 1. The maximum absolute atomic E-state index is 11.3. The average molecular weight is 289 g/mol. The smallest absolute Gasteiger partial charge is 0.307 e. The van der Waals surface area contributed by atoms with Crippen LogP contribution >= 0.6 is 0 Å². The molecule has 0 aliphatic carbocycles. The zero-order valence-electron chi connectivity index (χ0n) is 11.5. The van der Waals surface area contributed by atoms with Crippen molar-refractivity contribution in [3.8, 4) is 0 Å². The summed E-state index contributed by atoms with van der Waals surface area (Å²) in [6, 6.07) is 4.66. The lowest BCUT2D eigenvalue weighted by Crippen LogP contribution is -2.11. The number of non-ortho nitro benzene ring substituents is 1. The lowest BCUT2D eigenvalue weighted by molar-refractivity contribution is -0.383. The summed E-state index contributed by atoms with van der Waals surface area (Å²) in [6.45, 7) is 2.49.